The molecule has 0 aliphatic carbocycles. The standard InChI is InChI=1S/C28H25F2NO5/c1-4-35-20-8-6-7-17(14-20)25-24(26(32)18-9-12-23(36-5-2)16(3)13-18)27(33)28(34)31(25)19-10-11-21(29)22(30)15-19/h6-15,25,32H,4-5H2,1-3H3/b26-24+. The van der Waals surface area contributed by atoms with Crippen LogP contribution in [-0.2, 0) is 9.59 Å². The van der Waals surface area contributed by atoms with Gasteiger partial charge in [0.25, 0.3) is 11.7 Å². The number of aliphatic hydroxyl groups excluding tert-OH is 1. The van der Waals surface area contributed by atoms with E-state index < -0.39 is 35.1 Å². The molecular weight excluding hydrogens is 468 g/mol. The molecule has 1 N–H and O–H groups in total. The van der Waals surface area contributed by atoms with Crippen LogP contribution in [0.3, 0.4) is 0 Å². The second-order valence-electron chi connectivity index (χ2n) is 8.19. The Morgan fingerprint density at radius 2 is 1.69 bits per heavy atom. The summed E-state index contributed by atoms with van der Waals surface area (Å²) in [6.45, 7) is 6.31. The molecule has 186 valence electrons. The van der Waals surface area contributed by atoms with Gasteiger partial charge in [-0.05, 0) is 74.4 Å². The Bertz CT molecular complexity index is 1370. The van der Waals surface area contributed by atoms with Crippen LogP contribution in [0.5, 0.6) is 11.5 Å². The first-order valence-corrected chi connectivity index (χ1v) is 11.5. The summed E-state index contributed by atoms with van der Waals surface area (Å²) in [5.41, 5.74) is 1.29. The number of hydrogen-bond donors (Lipinski definition) is 1. The number of benzene rings is 3. The number of carbonyl (C=O) groups excluding carboxylic acids is 2. The maximum Gasteiger partial charge on any atom is 0.300 e. The molecule has 1 atom stereocenters. The largest absolute Gasteiger partial charge is 0.507 e. The average molecular weight is 494 g/mol. The molecular formula is C28H25F2NO5. The predicted molar refractivity (Wildman–Crippen MR) is 131 cm³/mol. The lowest BCUT2D eigenvalue weighted by Crippen LogP contribution is -2.29. The summed E-state index contributed by atoms with van der Waals surface area (Å²) in [5.74, 6) is -3.46. The molecule has 6 nitrogen and oxygen atoms in total. The summed E-state index contributed by atoms with van der Waals surface area (Å²) in [7, 11) is 0. The highest BCUT2D eigenvalue weighted by molar-refractivity contribution is 6.51. The van der Waals surface area contributed by atoms with Crippen LogP contribution in [0, 0.1) is 18.6 Å². The summed E-state index contributed by atoms with van der Waals surface area (Å²) in [6, 6.07) is 13.5. The number of anilines is 1. The van der Waals surface area contributed by atoms with Crippen LogP contribution in [0.25, 0.3) is 5.76 Å². The Kier molecular flexibility index (Phi) is 7.05. The van der Waals surface area contributed by atoms with Crippen molar-refractivity contribution in [1.29, 1.82) is 0 Å². The van der Waals surface area contributed by atoms with Gasteiger partial charge in [-0.25, -0.2) is 8.78 Å². The van der Waals surface area contributed by atoms with E-state index in [2.05, 4.69) is 0 Å². The first-order valence-electron chi connectivity index (χ1n) is 11.5. The number of hydrogen-bond acceptors (Lipinski definition) is 5. The summed E-state index contributed by atoms with van der Waals surface area (Å²) in [6.07, 6.45) is 0. The highest BCUT2D eigenvalue weighted by Crippen LogP contribution is 2.43. The first-order chi connectivity index (χ1) is 17.3. The summed E-state index contributed by atoms with van der Waals surface area (Å²) in [5, 5.41) is 11.3. The number of rotatable bonds is 7. The molecule has 3 aromatic carbocycles. The number of amides is 1. The van der Waals surface area contributed by atoms with E-state index in [9.17, 15) is 23.5 Å². The number of aliphatic hydroxyl groups is 1. The molecule has 1 fully saturated rings. The number of ether oxygens (including phenoxy) is 2. The molecule has 0 radical (unpaired) electrons. The Labute approximate surface area is 207 Å². The van der Waals surface area contributed by atoms with Gasteiger partial charge in [0, 0.05) is 17.3 Å². The molecule has 1 heterocycles. The SMILES string of the molecule is CCOc1cccc(C2/C(=C(\O)c3ccc(OCC)c(C)c3)C(=O)C(=O)N2c2ccc(F)c(F)c2)c1. The van der Waals surface area contributed by atoms with E-state index in [1.807, 2.05) is 13.8 Å². The zero-order valence-corrected chi connectivity index (χ0v) is 20.0. The van der Waals surface area contributed by atoms with E-state index in [1.165, 1.54) is 6.07 Å². The highest BCUT2D eigenvalue weighted by Gasteiger charge is 2.47. The van der Waals surface area contributed by atoms with E-state index in [0.717, 1.165) is 22.6 Å². The molecule has 0 bridgehead atoms. The third kappa shape index (κ3) is 4.54. The van der Waals surface area contributed by atoms with Crippen LogP contribution in [0.1, 0.15) is 36.6 Å². The van der Waals surface area contributed by atoms with Gasteiger partial charge in [0.2, 0.25) is 0 Å². The van der Waals surface area contributed by atoms with Gasteiger partial charge in [-0.1, -0.05) is 12.1 Å². The number of ketones is 1. The summed E-state index contributed by atoms with van der Waals surface area (Å²) >= 11 is 0. The molecule has 4 rings (SSSR count). The maximum absolute atomic E-state index is 14.1. The van der Waals surface area contributed by atoms with Crippen LogP contribution in [0.15, 0.2) is 66.2 Å². The fraction of sp³-hybridized carbons (Fsp3) is 0.214. The van der Waals surface area contributed by atoms with E-state index in [4.69, 9.17) is 9.47 Å². The van der Waals surface area contributed by atoms with Crippen LogP contribution in [0.2, 0.25) is 0 Å². The van der Waals surface area contributed by atoms with Crippen molar-refractivity contribution < 1.29 is 33.0 Å². The van der Waals surface area contributed by atoms with Gasteiger partial charge in [0.15, 0.2) is 11.6 Å². The second kappa shape index (κ2) is 10.2. The molecule has 8 heteroatoms. The van der Waals surface area contributed by atoms with E-state index in [-0.39, 0.29) is 11.3 Å². The topological polar surface area (TPSA) is 76.1 Å². The summed E-state index contributed by atoms with van der Waals surface area (Å²) < 4.78 is 38.9. The van der Waals surface area contributed by atoms with E-state index >= 15 is 0 Å². The Morgan fingerprint density at radius 1 is 0.944 bits per heavy atom. The van der Waals surface area contributed by atoms with Gasteiger partial charge < -0.3 is 14.6 Å². The normalized spacial score (nSPS) is 16.9. The fourth-order valence-corrected chi connectivity index (χ4v) is 4.26. The maximum atomic E-state index is 14.1. The van der Waals surface area contributed by atoms with Crippen molar-refractivity contribution in [1.82, 2.24) is 0 Å². The molecule has 1 aliphatic rings. The molecule has 1 amide bonds. The fourth-order valence-electron chi connectivity index (χ4n) is 4.26. The minimum atomic E-state index is -1.17. The molecule has 0 spiro atoms. The van der Waals surface area contributed by atoms with Crippen LogP contribution in [-0.4, -0.2) is 30.0 Å². The number of halogens is 2. The van der Waals surface area contributed by atoms with Gasteiger partial charge in [-0.3, -0.25) is 14.5 Å². The van der Waals surface area contributed by atoms with Crippen molar-refractivity contribution in [3.63, 3.8) is 0 Å². The first kappa shape index (κ1) is 24.9. The zero-order chi connectivity index (χ0) is 26.0. The molecule has 1 saturated heterocycles. The average Bonchev–Trinajstić information content (AvgIpc) is 3.12. The molecule has 1 unspecified atom stereocenters. The lowest BCUT2D eigenvalue weighted by Gasteiger charge is -2.26. The van der Waals surface area contributed by atoms with Crippen molar-refractivity contribution in [3.8, 4) is 11.5 Å². The van der Waals surface area contributed by atoms with Gasteiger partial charge in [0.1, 0.15) is 17.3 Å². The number of aryl methyl sites for hydroxylation is 1. The Balaban J connectivity index is 1.93. The van der Waals surface area contributed by atoms with Crippen molar-refractivity contribution >= 4 is 23.1 Å². The quantitative estimate of drug-likeness (QED) is 0.260. The van der Waals surface area contributed by atoms with Crippen molar-refractivity contribution in [2.75, 3.05) is 18.1 Å². The van der Waals surface area contributed by atoms with Crippen molar-refractivity contribution in [2.24, 2.45) is 0 Å². The van der Waals surface area contributed by atoms with Crippen molar-refractivity contribution in [2.45, 2.75) is 26.8 Å². The van der Waals surface area contributed by atoms with Gasteiger partial charge in [-0.15, -0.1) is 0 Å². The van der Waals surface area contributed by atoms with Gasteiger partial charge in [-0.2, -0.15) is 0 Å². The van der Waals surface area contributed by atoms with Crippen molar-refractivity contribution in [3.05, 3.63) is 94.6 Å². The molecule has 0 aromatic heterocycles. The van der Waals surface area contributed by atoms with Gasteiger partial charge >= 0.3 is 0 Å². The minimum absolute atomic E-state index is 0.0234. The third-order valence-corrected chi connectivity index (χ3v) is 5.86. The van der Waals surface area contributed by atoms with E-state index in [0.29, 0.717) is 35.8 Å². The molecule has 0 saturated carbocycles. The Morgan fingerprint density at radius 3 is 2.36 bits per heavy atom. The zero-order valence-electron chi connectivity index (χ0n) is 20.0. The van der Waals surface area contributed by atoms with Crippen LogP contribution >= 0.6 is 0 Å². The lowest BCUT2D eigenvalue weighted by atomic mass is 9.94. The Hall–Kier alpha value is -4.20. The molecule has 36 heavy (non-hydrogen) atoms. The molecule has 1 aliphatic heterocycles. The van der Waals surface area contributed by atoms with Crippen LogP contribution < -0.4 is 14.4 Å². The summed E-state index contributed by atoms with van der Waals surface area (Å²) in [4.78, 5) is 27.5. The lowest BCUT2D eigenvalue weighted by molar-refractivity contribution is -0.132. The monoisotopic (exact) mass is 493 g/mol. The van der Waals surface area contributed by atoms with Gasteiger partial charge in [0.05, 0.1) is 24.8 Å². The number of Topliss-reactive ketones (excluding diaryl/α,β-unsaturated/α-hetero) is 1. The number of carbonyl (C=O) groups is 2. The van der Waals surface area contributed by atoms with E-state index in [1.54, 1.807) is 49.4 Å². The minimum Gasteiger partial charge on any atom is -0.507 e. The second-order valence-corrected chi connectivity index (χ2v) is 8.19. The van der Waals surface area contributed by atoms with Crippen LogP contribution in [0.4, 0.5) is 14.5 Å². The molecule has 3 aromatic rings. The number of nitrogens with zero attached hydrogens (tertiary/aromatic N) is 1. The highest BCUT2D eigenvalue weighted by atomic mass is 19.2. The third-order valence-electron chi connectivity index (χ3n) is 5.86. The predicted octanol–water partition coefficient (Wildman–Crippen LogP) is 5.70. The smallest absolute Gasteiger partial charge is 0.300 e.